The molecule has 1 saturated carbocycles. The number of amides is 2. The van der Waals surface area contributed by atoms with Crippen molar-refractivity contribution in [1.29, 1.82) is 0 Å². The lowest BCUT2D eigenvalue weighted by Crippen LogP contribution is -2.48. The van der Waals surface area contributed by atoms with E-state index in [1.807, 2.05) is 12.2 Å². The monoisotopic (exact) mass is 368 g/mol. The fourth-order valence-corrected chi connectivity index (χ4v) is 3.95. The van der Waals surface area contributed by atoms with Crippen molar-refractivity contribution in [3.05, 3.63) is 46.0 Å². The first-order chi connectivity index (χ1) is 11.4. The summed E-state index contributed by atoms with van der Waals surface area (Å²) >= 11 is 11.7. The highest BCUT2D eigenvalue weighted by atomic mass is 35.5. The minimum atomic E-state index is -1.00. The molecule has 8 heteroatoms. The number of aliphatic carboxylic acids is 1. The molecule has 0 radical (unpaired) electrons. The maximum absolute atomic E-state index is 12.3. The highest BCUT2D eigenvalue weighted by molar-refractivity contribution is 6.36. The summed E-state index contributed by atoms with van der Waals surface area (Å²) in [5.41, 5.74) is 4.74. The molecule has 0 spiro atoms. The van der Waals surface area contributed by atoms with Crippen molar-refractivity contribution in [2.45, 2.75) is 6.42 Å². The highest BCUT2D eigenvalue weighted by Gasteiger charge is 2.51. The van der Waals surface area contributed by atoms with Gasteiger partial charge in [-0.2, -0.15) is 0 Å². The van der Waals surface area contributed by atoms with Crippen LogP contribution in [-0.4, -0.2) is 22.9 Å². The Morgan fingerprint density at radius 1 is 1.04 bits per heavy atom. The molecular weight excluding hydrogens is 355 g/mol. The quantitative estimate of drug-likeness (QED) is 0.563. The van der Waals surface area contributed by atoms with Crippen LogP contribution in [0.2, 0.25) is 10.0 Å². The molecule has 0 aromatic heterocycles. The average molecular weight is 369 g/mol. The van der Waals surface area contributed by atoms with Crippen LogP contribution in [0.5, 0.6) is 0 Å². The van der Waals surface area contributed by atoms with Crippen molar-refractivity contribution in [3.8, 4) is 0 Å². The van der Waals surface area contributed by atoms with E-state index in [4.69, 9.17) is 23.2 Å². The van der Waals surface area contributed by atoms with Gasteiger partial charge in [0.1, 0.15) is 0 Å². The van der Waals surface area contributed by atoms with Gasteiger partial charge in [-0.05, 0) is 36.5 Å². The lowest BCUT2D eigenvalue weighted by atomic mass is 9.82. The Kier molecular flexibility index (Phi) is 4.51. The van der Waals surface area contributed by atoms with E-state index >= 15 is 0 Å². The minimum Gasteiger partial charge on any atom is -0.481 e. The first-order valence-corrected chi connectivity index (χ1v) is 8.10. The Hall–Kier alpha value is -2.05. The highest BCUT2D eigenvalue weighted by Crippen LogP contribution is 2.48. The van der Waals surface area contributed by atoms with Crippen LogP contribution in [-0.2, 0) is 9.59 Å². The predicted molar refractivity (Wildman–Crippen MR) is 87.4 cm³/mol. The molecule has 3 N–H and O–H groups in total. The topological polar surface area (TPSA) is 95.5 Å². The van der Waals surface area contributed by atoms with Crippen LogP contribution in [0, 0.1) is 23.7 Å². The predicted octanol–water partition coefficient (Wildman–Crippen LogP) is 2.28. The maximum Gasteiger partial charge on any atom is 0.307 e. The Morgan fingerprint density at radius 2 is 1.71 bits per heavy atom. The fraction of sp³-hybridized carbons (Fsp3) is 0.312. The number of hydrogen-bond acceptors (Lipinski definition) is 3. The summed E-state index contributed by atoms with van der Waals surface area (Å²) in [6.07, 6.45) is 4.36. The molecule has 1 fully saturated rings. The normalized spacial score (nSPS) is 27.1. The van der Waals surface area contributed by atoms with Gasteiger partial charge in [-0.1, -0.05) is 35.4 Å². The van der Waals surface area contributed by atoms with E-state index in [1.54, 1.807) is 0 Å². The minimum absolute atomic E-state index is 0.118. The SMILES string of the molecule is O=C(NNC(=O)[C@H]1[C@H](C(=O)O)[C@H]2C=C[C@H]1C2)c1ccc(Cl)cc1Cl. The lowest BCUT2D eigenvalue weighted by molar-refractivity contribution is -0.148. The smallest absolute Gasteiger partial charge is 0.307 e. The zero-order valence-electron chi connectivity index (χ0n) is 12.3. The molecule has 0 heterocycles. The van der Waals surface area contributed by atoms with Gasteiger partial charge in [0.15, 0.2) is 0 Å². The number of carboxylic acids is 1. The van der Waals surface area contributed by atoms with E-state index < -0.39 is 29.6 Å². The summed E-state index contributed by atoms with van der Waals surface area (Å²) in [6.45, 7) is 0. The van der Waals surface area contributed by atoms with Crippen LogP contribution in [0.1, 0.15) is 16.8 Å². The third-order valence-corrected chi connectivity index (χ3v) is 5.07. The molecule has 2 aliphatic rings. The van der Waals surface area contributed by atoms with Crippen LogP contribution in [0.25, 0.3) is 0 Å². The number of fused-ring (bicyclic) bond motifs is 2. The molecule has 0 aliphatic heterocycles. The van der Waals surface area contributed by atoms with Crippen LogP contribution in [0.15, 0.2) is 30.4 Å². The number of benzene rings is 1. The average Bonchev–Trinajstić information content (AvgIpc) is 3.13. The molecule has 4 atom stereocenters. The fourth-order valence-electron chi connectivity index (χ4n) is 3.46. The van der Waals surface area contributed by atoms with E-state index in [0.29, 0.717) is 11.4 Å². The zero-order valence-corrected chi connectivity index (χ0v) is 13.8. The number of rotatable bonds is 3. The Labute approximate surface area is 147 Å². The van der Waals surface area contributed by atoms with E-state index in [2.05, 4.69) is 10.9 Å². The van der Waals surface area contributed by atoms with E-state index in [0.717, 1.165) is 0 Å². The summed E-state index contributed by atoms with van der Waals surface area (Å²) in [7, 11) is 0. The molecule has 0 unspecified atom stereocenters. The van der Waals surface area contributed by atoms with Crippen LogP contribution in [0.3, 0.4) is 0 Å². The van der Waals surface area contributed by atoms with Gasteiger partial charge in [-0.25, -0.2) is 0 Å². The number of carbonyl (C=O) groups excluding carboxylic acids is 2. The number of hydrogen-bond donors (Lipinski definition) is 3. The van der Waals surface area contributed by atoms with Crippen molar-refractivity contribution in [1.82, 2.24) is 10.9 Å². The molecule has 24 heavy (non-hydrogen) atoms. The molecule has 0 saturated heterocycles. The number of nitrogens with one attached hydrogen (secondary N) is 2. The zero-order chi connectivity index (χ0) is 17.4. The molecule has 2 aliphatic carbocycles. The summed E-state index contributed by atoms with van der Waals surface area (Å²) in [6, 6.07) is 4.36. The summed E-state index contributed by atoms with van der Waals surface area (Å²) in [5.74, 6) is -3.83. The molecule has 2 amide bonds. The van der Waals surface area contributed by atoms with Gasteiger partial charge in [0, 0.05) is 5.02 Å². The van der Waals surface area contributed by atoms with Crippen molar-refractivity contribution < 1.29 is 19.5 Å². The van der Waals surface area contributed by atoms with Crippen molar-refractivity contribution in [2.75, 3.05) is 0 Å². The first-order valence-electron chi connectivity index (χ1n) is 7.35. The number of hydrazine groups is 1. The lowest BCUT2D eigenvalue weighted by Gasteiger charge is -2.23. The number of allylic oxidation sites excluding steroid dienone is 2. The van der Waals surface area contributed by atoms with E-state index in [1.165, 1.54) is 18.2 Å². The van der Waals surface area contributed by atoms with E-state index in [9.17, 15) is 19.5 Å². The van der Waals surface area contributed by atoms with Crippen LogP contribution in [0.4, 0.5) is 0 Å². The number of carbonyl (C=O) groups is 3. The standard InChI is InChI=1S/C16H14Cl2N2O4/c17-9-3-4-10(11(18)6-9)14(21)19-20-15(22)12-7-1-2-8(5-7)13(12)16(23)24/h1-4,6-8,12-13H,5H2,(H,19,21)(H,20,22)(H,23,24)/t7-,8-,12+,13+/m0/s1. The molecule has 126 valence electrons. The third kappa shape index (κ3) is 2.99. The van der Waals surface area contributed by atoms with Crippen molar-refractivity contribution in [3.63, 3.8) is 0 Å². The Bertz CT molecular complexity index is 750. The van der Waals surface area contributed by atoms with Gasteiger partial charge in [0.25, 0.3) is 5.91 Å². The second-order valence-corrected chi connectivity index (χ2v) is 6.75. The second-order valence-electron chi connectivity index (χ2n) is 5.91. The number of halogens is 2. The Morgan fingerprint density at radius 3 is 2.33 bits per heavy atom. The molecule has 2 bridgehead atoms. The van der Waals surface area contributed by atoms with Crippen LogP contribution < -0.4 is 10.9 Å². The van der Waals surface area contributed by atoms with E-state index in [-0.39, 0.29) is 22.4 Å². The maximum atomic E-state index is 12.3. The van der Waals surface area contributed by atoms with Gasteiger partial charge in [-0.15, -0.1) is 0 Å². The Balaban J connectivity index is 1.66. The molecule has 6 nitrogen and oxygen atoms in total. The summed E-state index contributed by atoms with van der Waals surface area (Å²) in [5, 5.41) is 9.88. The summed E-state index contributed by atoms with van der Waals surface area (Å²) in [4.78, 5) is 35.8. The molecule has 1 aromatic carbocycles. The van der Waals surface area contributed by atoms with Crippen molar-refractivity contribution in [2.24, 2.45) is 23.7 Å². The van der Waals surface area contributed by atoms with Gasteiger partial charge in [0.05, 0.1) is 22.4 Å². The first kappa shape index (κ1) is 16.8. The van der Waals surface area contributed by atoms with Gasteiger partial charge in [-0.3, -0.25) is 25.2 Å². The van der Waals surface area contributed by atoms with Gasteiger partial charge < -0.3 is 5.11 Å². The summed E-state index contributed by atoms with van der Waals surface area (Å²) < 4.78 is 0. The van der Waals surface area contributed by atoms with Crippen LogP contribution >= 0.6 is 23.2 Å². The third-order valence-electron chi connectivity index (χ3n) is 4.52. The second kappa shape index (κ2) is 6.45. The molecule has 3 rings (SSSR count). The van der Waals surface area contributed by atoms with Gasteiger partial charge in [0.2, 0.25) is 5.91 Å². The van der Waals surface area contributed by atoms with Gasteiger partial charge >= 0.3 is 5.97 Å². The number of carboxylic acid groups (broad SMARTS) is 1. The molecule has 1 aromatic rings. The largest absolute Gasteiger partial charge is 0.481 e. The van der Waals surface area contributed by atoms with Crippen molar-refractivity contribution >= 4 is 41.0 Å². The molecular formula is C16H14Cl2N2O4.